The van der Waals surface area contributed by atoms with Gasteiger partial charge < -0.3 is 5.73 Å². The number of nitrogens with zero attached hydrogens (tertiary/aromatic N) is 1. The molecule has 0 amide bonds. The van der Waals surface area contributed by atoms with E-state index >= 15 is 0 Å². The Bertz CT molecular complexity index is 739. The van der Waals surface area contributed by atoms with Crippen LogP contribution in [0.4, 0.5) is 5.69 Å². The van der Waals surface area contributed by atoms with Gasteiger partial charge in [-0.15, -0.1) is 11.3 Å². The van der Waals surface area contributed by atoms with Crippen molar-refractivity contribution in [2.24, 2.45) is 0 Å². The van der Waals surface area contributed by atoms with Crippen LogP contribution in [-0.4, -0.2) is 4.98 Å². The maximum absolute atomic E-state index is 5.97. The van der Waals surface area contributed by atoms with Crippen LogP contribution in [0.15, 0.2) is 40.9 Å². The van der Waals surface area contributed by atoms with Gasteiger partial charge in [-0.05, 0) is 52.3 Å². The fourth-order valence-corrected chi connectivity index (χ4v) is 3.30. The van der Waals surface area contributed by atoms with Crippen molar-refractivity contribution in [1.29, 1.82) is 0 Å². The summed E-state index contributed by atoms with van der Waals surface area (Å²) in [6.07, 6.45) is 0. The van der Waals surface area contributed by atoms with Crippen LogP contribution in [0.2, 0.25) is 5.02 Å². The molecule has 3 rings (SSSR count). The van der Waals surface area contributed by atoms with Gasteiger partial charge in [0.1, 0.15) is 5.01 Å². The fourth-order valence-electron chi connectivity index (χ4n) is 1.68. The highest BCUT2D eigenvalue weighted by molar-refractivity contribution is 9.10. The average molecular weight is 340 g/mol. The molecule has 3 aromatic rings. The van der Waals surface area contributed by atoms with Crippen molar-refractivity contribution in [3.8, 4) is 10.6 Å². The van der Waals surface area contributed by atoms with E-state index in [9.17, 15) is 0 Å². The standard InChI is InChI=1S/C13H8BrClN2S/c14-9-5-7(1-3-10(9)16)13-17-11-4-2-8(15)6-12(11)18-13/h1-6H,16H2. The highest BCUT2D eigenvalue weighted by Gasteiger charge is 2.08. The third-order valence-electron chi connectivity index (χ3n) is 2.60. The summed E-state index contributed by atoms with van der Waals surface area (Å²) in [5.41, 5.74) is 8.52. The summed E-state index contributed by atoms with van der Waals surface area (Å²) in [4.78, 5) is 4.59. The summed E-state index contributed by atoms with van der Waals surface area (Å²) in [5.74, 6) is 0. The highest BCUT2D eigenvalue weighted by Crippen LogP contribution is 2.34. The Morgan fingerprint density at radius 2 is 2.00 bits per heavy atom. The SMILES string of the molecule is Nc1ccc(-c2nc3ccc(Cl)cc3s2)cc1Br. The number of hydrogen-bond acceptors (Lipinski definition) is 3. The minimum absolute atomic E-state index is 0.725. The predicted octanol–water partition coefficient (Wildman–Crippen LogP) is 4.96. The fraction of sp³-hybridized carbons (Fsp3) is 0. The maximum Gasteiger partial charge on any atom is 0.124 e. The molecule has 2 aromatic carbocycles. The monoisotopic (exact) mass is 338 g/mol. The lowest BCUT2D eigenvalue weighted by Gasteiger charge is -2.00. The Morgan fingerprint density at radius 1 is 1.17 bits per heavy atom. The van der Waals surface area contributed by atoms with E-state index < -0.39 is 0 Å². The minimum Gasteiger partial charge on any atom is -0.398 e. The Kier molecular flexibility index (Phi) is 3.01. The molecule has 1 heterocycles. The highest BCUT2D eigenvalue weighted by atomic mass is 79.9. The molecular weight excluding hydrogens is 332 g/mol. The molecule has 0 atom stereocenters. The first-order valence-corrected chi connectivity index (χ1v) is 7.24. The van der Waals surface area contributed by atoms with Crippen LogP contribution < -0.4 is 5.73 Å². The Morgan fingerprint density at radius 3 is 2.78 bits per heavy atom. The number of nitrogens with two attached hydrogens (primary N) is 1. The van der Waals surface area contributed by atoms with E-state index in [0.717, 1.165) is 36.0 Å². The molecule has 0 bridgehead atoms. The molecule has 0 radical (unpaired) electrons. The van der Waals surface area contributed by atoms with Gasteiger partial charge in [0.15, 0.2) is 0 Å². The number of halogens is 2. The van der Waals surface area contributed by atoms with Gasteiger partial charge in [-0.1, -0.05) is 11.6 Å². The first kappa shape index (κ1) is 12.0. The van der Waals surface area contributed by atoms with Crippen molar-refractivity contribution in [2.45, 2.75) is 0 Å². The van der Waals surface area contributed by atoms with Crippen molar-refractivity contribution in [1.82, 2.24) is 4.98 Å². The quantitative estimate of drug-likeness (QED) is 0.636. The normalized spacial score (nSPS) is 11.0. The van der Waals surface area contributed by atoms with Crippen LogP contribution in [-0.2, 0) is 0 Å². The van der Waals surface area contributed by atoms with E-state index in [-0.39, 0.29) is 0 Å². The Labute approximate surface area is 122 Å². The van der Waals surface area contributed by atoms with Crippen LogP contribution in [0.3, 0.4) is 0 Å². The van der Waals surface area contributed by atoms with Gasteiger partial charge in [0.25, 0.3) is 0 Å². The van der Waals surface area contributed by atoms with Crippen molar-refractivity contribution >= 4 is 54.8 Å². The van der Waals surface area contributed by atoms with E-state index in [1.807, 2.05) is 36.4 Å². The van der Waals surface area contributed by atoms with Crippen molar-refractivity contribution in [3.05, 3.63) is 45.9 Å². The van der Waals surface area contributed by atoms with Crippen molar-refractivity contribution < 1.29 is 0 Å². The minimum atomic E-state index is 0.725. The summed E-state index contributed by atoms with van der Waals surface area (Å²) in [5, 5.41) is 1.70. The summed E-state index contributed by atoms with van der Waals surface area (Å²) >= 11 is 11.0. The molecule has 0 aliphatic heterocycles. The largest absolute Gasteiger partial charge is 0.398 e. The lowest BCUT2D eigenvalue weighted by Crippen LogP contribution is -1.86. The third-order valence-corrected chi connectivity index (χ3v) is 4.59. The van der Waals surface area contributed by atoms with E-state index in [2.05, 4.69) is 20.9 Å². The molecule has 0 saturated carbocycles. The zero-order valence-electron chi connectivity index (χ0n) is 9.15. The maximum atomic E-state index is 5.97. The van der Waals surface area contributed by atoms with E-state index in [1.165, 1.54) is 0 Å². The molecular formula is C13H8BrClN2S. The van der Waals surface area contributed by atoms with Gasteiger partial charge >= 0.3 is 0 Å². The van der Waals surface area contributed by atoms with Crippen molar-refractivity contribution in [2.75, 3.05) is 5.73 Å². The topological polar surface area (TPSA) is 38.9 Å². The predicted molar refractivity (Wildman–Crippen MR) is 82.2 cm³/mol. The zero-order chi connectivity index (χ0) is 12.7. The van der Waals surface area contributed by atoms with Crippen molar-refractivity contribution in [3.63, 3.8) is 0 Å². The lowest BCUT2D eigenvalue weighted by molar-refractivity contribution is 1.47. The van der Waals surface area contributed by atoms with Crippen LogP contribution in [0.1, 0.15) is 0 Å². The molecule has 18 heavy (non-hydrogen) atoms. The average Bonchev–Trinajstić information content (AvgIpc) is 2.75. The zero-order valence-corrected chi connectivity index (χ0v) is 12.3. The number of benzene rings is 2. The van der Waals surface area contributed by atoms with Gasteiger partial charge in [-0.2, -0.15) is 0 Å². The first-order chi connectivity index (χ1) is 8.63. The summed E-state index contributed by atoms with van der Waals surface area (Å²) in [6, 6.07) is 11.5. The van der Waals surface area contributed by atoms with Crippen LogP contribution in [0.25, 0.3) is 20.8 Å². The van der Waals surface area contributed by atoms with Gasteiger partial charge in [0, 0.05) is 20.7 Å². The van der Waals surface area contributed by atoms with Crippen LogP contribution >= 0.6 is 38.9 Å². The molecule has 0 aliphatic carbocycles. The number of anilines is 1. The lowest BCUT2D eigenvalue weighted by atomic mass is 10.2. The van der Waals surface area contributed by atoms with Gasteiger partial charge in [-0.25, -0.2) is 4.98 Å². The van der Waals surface area contributed by atoms with Crippen LogP contribution in [0.5, 0.6) is 0 Å². The second-order valence-electron chi connectivity index (χ2n) is 3.87. The first-order valence-electron chi connectivity index (χ1n) is 5.25. The third kappa shape index (κ3) is 2.11. The second kappa shape index (κ2) is 4.53. The second-order valence-corrected chi connectivity index (χ2v) is 6.19. The van der Waals surface area contributed by atoms with Gasteiger partial charge in [-0.3, -0.25) is 0 Å². The summed E-state index contributed by atoms with van der Waals surface area (Å²) < 4.78 is 1.97. The number of thiazole rings is 1. The molecule has 90 valence electrons. The number of nitrogen functional groups attached to an aromatic ring is 1. The molecule has 5 heteroatoms. The molecule has 0 aliphatic rings. The Hall–Kier alpha value is -1.10. The molecule has 0 fully saturated rings. The van der Waals surface area contributed by atoms with E-state index in [1.54, 1.807) is 11.3 Å². The molecule has 0 spiro atoms. The number of fused-ring (bicyclic) bond motifs is 1. The van der Waals surface area contributed by atoms with Gasteiger partial charge in [0.05, 0.1) is 10.2 Å². The van der Waals surface area contributed by atoms with Gasteiger partial charge in [0.2, 0.25) is 0 Å². The van der Waals surface area contributed by atoms with E-state index in [4.69, 9.17) is 17.3 Å². The number of rotatable bonds is 1. The smallest absolute Gasteiger partial charge is 0.124 e. The molecule has 1 aromatic heterocycles. The summed E-state index contributed by atoms with van der Waals surface area (Å²) in [6.45, 7) is 0. The molecule has 2 N–H and O–H groups in total. The molecule has 2 nitrogen and oxygen atoms in total. The Balaban J connectivity index is 2.16. The van der Waals surface area contributed by atoms with E-state index in [0.29, 0.717) is 0 Å². The molecule has 0 saturated heterocycles. The summed E-state index contributed by atoms with van der Waals surface area (Å²) in [7, 11) is 0. The number of aromatic nitrogens is 1. The number of hydrogen-bond donors (Lipinski definition) is 1. The molecule has 0 unspecified atom stereocenters. The van der Waals surface area contributed by atoms with Crippen LogP contribution in [0, 0.1) is 0 Å².